The van der Waals surface area contributed by atoms with Crippen molar-refractivity contribution < 1.29 is 4.74 Å². The van der Waals surface area contributed by atoms with Gasteiger partial charge in [-0.05, 0) is 53.0 Å². The number of alkyl halides is 1. The number of halogens is 2. The van der Waals surface area contributed by atoms with E-state index in [0.29, 0.717) is 0 Å². The molecular formula is C14H21BrClNO. The Labute approximate surface area is 123 Å². The Bertz CT molecular complexity index is 347. The van der Waals surface area contributed by atoms with Crippen LogP contribution in [0.25, 0.3) is 0 Å². The summed E-state index contributed by atoms with van der Waals surface area (Å²) in [5.41, 5.74) is 1.27. The zero-order chi connectivity index (χ0) is 13.2. The minimum absolute atomic E-state index is 0.785. The lowest BCUT2D eigenvalue weighted by Crippen LogP contribution is -2.14. The van der Waals surface area contributed by atoms with Crippen LogP contribution in [0.3, 0.4) is 0 Å². The zero-order valence-corrected chi connectivity index (χ0v) is 13.2. The number of methoxy groups -OCH3 is 1. The van der Waals surface area contributed by atoms with E-state index in [4.69, 9.17) is 16.3 Å². The predicted molar refractivity (Wildman–Crippen MR) is 81.6 cm³/mol. The average molecular weight is 335 g/mol. The van der Waals surface area contributed by atoms with Crippen LogP contribution < -0.4 is 10.1 Å². The summed E-state index contributed by atoms with van der Waals surface area (Å²) in [6.07, 6.45) is 4.84. The number of hydrogen-bond acceptors (Lipinski definition) is 2. The molecule has 0 fully saturated rings. The molecule has 1 rings (SSSR count). The molecule has 0 unspecified atom stereocenters. The highest BCUT2D eigenvalue weighted by molar-refractivity contribution is 9.10. The van der Waals surface area contributed by atoms with Gasteiger partial charge in [0.1, 0.15) is 5.75 Å². The lowest BCUT2D eigenvalue weighted by Gasteiger charge is -2.07. The van der Waals surface area contributed by atoms with Crippen molar-refractivity contribution in [2.75, 3.05) is 19.5 Å². The number of nitrogens with one attached hydrogen (secondary N) is 1. The summed E-state index contributed by atoms with van der Waals surface area (Å²) in [6.45, 7) is 1.96. The van der Waals surface area contributed by atoms with E-state index < -0.39 is 0 Å². The molecule has 1 aromatic rings. The van der Waals surface area contributed by atoms with Crippen molar-refractivity contribution in [3.63, 3.8) is 0 Å². The van der Waals surface area contributed by atoms with Crippen LogP contribution in [0.1, 0.15) is 31.2 Å². The minimum Gasteiger partial charge on any atom is -0.496 e. The SMILES string of the molecule is COc1ccc(CNCCCCCCCl)cc1Br. The average Bonchev–Trinajstić information content (AvgIpc) is 2.38. The Hall–Kier alpha value is -0.250. The number of ether oxygens (including phenoxy) is 1. The van der Waals surface area contributed by atoms with E-state index in [-0.39, 0.29) is 0 Å². The number of benzene rings is 1. The first-order valence-electron chi connectivity index (χ1n) is 6.37. The highest BCUT2D eigenvalue weighted by atomic mass is 79.9. The molecule has 0 radical (unpaired) electrons. The molecule has 102 valence electrons. The van der Waals surface area contributed by atoms with Gasteiger partial charge in [-0.2, -0.15) is 0 Å². The van der Waals surface area contributed by atoms with Crippen LogP contribution in [0.4, 0.5) is 0 Å². The second kappa shape index (κ2) is 9.65. The summed E-state index contributed by atoms with van der Waals surface area (Å²) >= 11 is 9.12. The Morgan fingerprint density at radius 2 is 2.00 bits per heavy atom. The van der Waals surface area contributed by atoms with E-state index in [1.807, 2.05) is 6.07 Å². The molecule has 0 heterocycles. The largest absolute Gasteiger partial charge is 0.496 e. The van der Waals surface area contributed by atoms with Crippen molar-refractivity contribution in [2.45, 2.75) is 32.2 Å². The molecule has 1 N–H and O–H groups in total. The molecule has 18 heavy (non-hydrogen) atoms. The lowest BCUT2D eigenvalue weighted by atomic mass is 10.2. The summed E-state index contributed by atoms with van der Waals surface area (Å²) in [4.78, 5) is 0. The Kier molecular flexibility index (Phi) is 8.47. The molecule has 0 aromatic heterocycles. The quantitative estimate of drug-likeness (QED) is 0.535. The maximum atomic E-state index is 5.63. The second-order valence-electron chi connectivity index (χ2n) is 4.25. The first kappa shape index (κ1) is 15.8. The second-order valence-corrected chi connectivity index (χ2v) is 5.48. The van der Waals surface area contributed by atoms with Crippen molar-refractivity contribution in [3.05, 3.63) is 28.2 Å². The van der Waals surface area contributed by atoms with Crippen LogP contribution in [0.2, 0.25) is 0 Å². The molecule has 0 spiro atoms. The highest BCUT2D eigenvalue weighted by Crippen LogP contribution is 2.25. The summed E-state index contributed by atoms with van der Waals surface area (Å²) in [5.74, 6) is 1.66. The smallest absolute Gasteiger partial charge is 0.133 e. The normalized spacial score (nSPS) is 10.6. The van der Waals surface area contributed by atoms with Crippen molar-refractivity contribution in [3.8, 4) is 5.75 Å². The molecule has 0 amide bonds. The van der Waals surface area contributed by atoms with Crippen molar-refractivity contribution in [1.82, 2.24) is 5.32 Å². The topological polar surface area (TPSA) is 21.3 Å². The van der Waals surface area contributed by atoms with Gasteiger partial charge < -0.3 is 10.1 Å². The zero-order valence-electron chi connectivity index (χ0n) is 10.8. The van der Waals surface area contributed by atoms with Gasteiger partial charge in [0, 0.05) is 12.4 Å². The summed E-state index contributed by atoms with van der Waals surface area (Å²) in [5, 5.41) is 3.45. The summed E-state index contributed by atoms with van der Waals surface area (Å²) < 4.78 is 6.21. The Morgan fingerprint density at radius 1 is 1.22 bits per heavy atom. The fourth-order valence-corrected chi connectivity index (χ4v) is 2.53. The van der Waals surface area contributed by atoms with E-state index in [0.717, 1.165) is 35.6 Å². The van der Waals surface area contributed by atoms with Crippen LogP contribution in [0.15, 0.2) is 22.7 Å². The molecule has 1 aromatic carbocycles. The van der Waals surface area contributed by atoms with Gasteiger partial charge in [0.2, 0.25) is 0 Å². The van der Waals surface area contributed by atoms with Gasteiger partial charge in [-0.3, -0.25) is 0 Å². The Balaban J connectivity index is 2.17. The van der Waals surface area contributed by atoms with Gasteiger partial charge in [-0.25, -0.2) is 0 Å². The molecule has 0 bridgehead atoms. The van der Waals surface area contributed by atoms with E-state index in [2.05, 4.69) is 33.4 Å². The minimum atomic E-state index is 0.785. The van der Waals surface area contributed by atoms with Crippen molar-refractivity contribution in [2.24, 2.45) is 0 Å². The van der Waals surface area contributed by atoms with Crippen LogP contribution in [-0.2, 0) is 6.54 Å². The number of hydrogen-bond donors (Lipinski definition) is 1. The molecule has 0 saturated heterocycles. The molecule has 0 atom stereocenters. The van der Waals surface area contributed by atoms with E-state index >= 15 is 0 Å². The van der Waals surface area contributed by atoms with Crippen molar-refractivity contribution >= 4 is 27.5 Å². The maximum Gasteiger partial charge on any atom is 0.133 e. The Morgan fingerprint density at radius 3 is 2.67 bits per heavy atom. The molecule has 0 aliphatic rings. The maximum absolute atomic E-state index is 5.63. The predicted octanol–water partition coefficient (Wildman–Crippen LogP) is 4.35. The fraction of sp³-hybridized carbons (Fsp3) is 0.571. The molecule has 2 nitrogen and oxygen atoms in total. The first-order valence-corrected chi connectivity index (χ1v) is 7.69. The summed E-state index contributed by atoms with van der Waals surface area (Å²) in [7, 11) is 1.68. The third kappa shape index (κ3) is 6.07. The van der Waals surface area contributed by atoms with E-state index in [1.165, 1.54) is 24.8 Å². The molecule has 0 aliphatic heterocycles. The van der Waals surface area contributed by atoms with Crippen molar-refractivity contribution in [1.29, 1.82) is 0 Å². The van der Waals surface area contributed by atoms with Crippen LogP contribution in [0, 0.1) is 0 Å². The van der Waals surface area contributed by atoms with E-state index in [1.54, 1.807) is 7.11 Å². The lowest BCUT2D eigenvalue weighted by molar-refractivity contribution is 0.412. The van der Waals surface area contributed by atoms with Gasteiger partial charge in [-0.1, -0.05) is 18.9 Å². The first-order chi connectivity index (χ1) is 8.77. The number of unbranched alkanes of at least 4 members (excludes halogenated alkanes) is 3. The van der Waals surface area contributed by atoms with Gasteiger partial charge >= 0.3 is 0 Å². The standard InChI is InChI=1S/C14H21BrClNO/c1-18-14-7-6-12(10-13(14)15)11-17-9-5-3-2-4-8-16/h6-7,10,17H,2-5,8-9,11H2,1H3. The molecule has 0 saturated carbocycles. The van der Waals surface area contributed by atoms with Gasteiger partial charge in [0.25, 0.3) is 0 Å². The van der Waals surface area contributed by atoms with Crippen LogP contribution in [-0.4, -0.2) is 19.5 Å². The number of rotatable bonds is 9. The van der Waals surface area contributed by atoms with Crippen LogP contribution >= 0.6 is 27.5 Å². The van der Waals surface area contributed by atoms with Gasteiger partial charge in [-0.15, -0.1) is 11.6 Å². The molecular weight excluding hydrogens is 314 g/mol. The highest BCUT2D eigenvalue weighted by Gasteiger charge is 2.00. The molecule has 0 aliphatic carbocycles. The fourth-order valence-electron chi connectivity index (χ4n) is 1.75. The van der Waals surface area contributed by atoms with Gasteiger partial charge in [0.15, 0.2) is 0 Å². The van der Waals surface area contributed by atoms with Crippen LogP contribution in [0.5, 0.6) is 5.75 Å². The third-order valence-corrected chi connectivity index (χ3v) is 3.67. The third-order valence-electron chi connectivity index (χ3n) is 2.78. The van der Waals surface area contributed by atoms with E-state index in [9.17, 15) is 0 Å². The summed E-state index contributed by atoms with van der Waals surface area (Å²) in [6, 6.07) is 6.17. The van der Waals surface area contributed by atoms with Gasteiger partial charge in [0.05, 0.1) is 11.6 Å². The monoisotopic (exact) mass is 333 g/mol. The molecule has 4 heteroatoms.